The van der Waals surface area contributed by atoms with Crippen molar-refractivity contribution in [1.82, 2.24) is 0 Å². The summed E-state index contributed by atoms with van der Waals surface area (Å²) in [6, 6.07) is 10.9. The molecule has 0 fully saturated rings. The molecule has 5 nitrogen and oxygen atoms in total. The Labute approximate surface area is 154 Å². The number of Topliss-reactive ketones (excluding diaryl/α,β-unsaturated/α-hetero) is 1. The van der Waals surface area contributed by atoms with Crippen LogP contribution in [0.25, 0.3) is 0 Å². The van der Waals surface area contributed by atoms with Crippen molar-refractivity contribution >= 4 is 46.5 Å². The first-order chi connectivity index (χ1) is 11.8. The molecule has 25 heavy (non-hydrogen) atoms. The number of carbonyl (C=O) groups excluding carboxylic acids is 3. The van der Waals surface area contributed by atoms with Gasteiger partial charge in [0.25, 0.3) is 5.91 Å². The maximum absolute atomic E-state index is 12.1. The fourth-order valence-corrected chi connectivity index (χ4v) is 2.35. The lowest BCUT2D eigenvalue weighted by Gasteiger charge is -2.14. The fourth-order valence-electron chi connectivity index (χ4n) is 1.97. The van der Waals surface area contributed by atoms with Gasteiger partial charge in [0.05, 0.1) is 15.6 Å². The summed E-state index contributed by atoms with van der Waals surface area (Å²) in [5, 5.41) is 2.90. The molecule has 2 aromatic rings. The maximum Gasteiger partial charge on any atom is 0.340 e. The van der Waals surface area contributed by atoms with E-state index in [4.69, 9.17) is 27.9 Å². The van der Waals surface area contributed by atoms with Crippen LogP contribution in [-0.4, -0.2) is 23.8 Å². The number of halogens is 2. The van der Waals surface area contributed by atoms with Crippen LogP contribution in [0.15, 0.2) is 42.5 Å². The van der Waals surface area contributed by atoms with Gasteiger partial charge in [0.2, 0.25) is 0 Å². The van der Waals surface area contributed by atoms with Crippen molar-refractivity contribution in [1.29, 1.82) is 0 Å². The molecule has 0 aliphatic carbocycles. The minimum atomic E-state index is -1.05. The van der Waals surface area contributed by atoms with E-state index >= 15 is 0 Å². The summed E-state index contributed by atoms with van der Waals surface area (Å²) in [6.07, 6.45) is -1.05. The monoisotopic (exact) mass is 379 g/mol. The zero-order valence-electron chi connectivity index (χ0n) is 13.5. The van der Waals surface area contributed by atoms with Gasteiger partial charge in [-0.05, 0) is 50.2 Å². The number of hydrogen-bond donors (Lipinski definition) is 1. The molecule has 0 saturated heterocycles. The lowest BCUT2D eigenvalue weighted by Crippen LogP contribution is -2.30. The number of anilines is 1. The number of ketones is 1. The predicted molar refractivity (Wildman–Crippen MR) is 96.4 cm³/mol. The van der Waals surface area contributed by atoms with Gasteiger partial charge in [0.15, 0.2) is 11.9 Å². The topological polar surface area (TPSA) is 72.5 Å². The molecule has 0 heterocycles. The third kappa shape index (κ3) is 4.81. The number of esters is 1. The Hall–Kier alpha value is -2.37. The Morgan fingerprint density at radius 1 is 1.04 bits per heavy atom. The molecule has 1 amide bonds. The first-order valence-electron chi connectivity index (χ1n) is 7.36. The number of amides is 1. The second-order valence-corrected chi connectivity index (χ2v) is 6.06. The highest BCUT2D eigenvalue weighted by atomic mass is 35.5. The SMILES string of the molecule is CC(=O)c1ccc(NC(=O)[C@H](C)OC(=O)c2cccc(Cl)c2Cl)cc1. The first-order valence-corrected chi connectivity index (χ1v) is 8.12. The molecule has 7 heteroatoms. The molecular formula is C18H15Cl2NO4. The van der Waals surface area contributed by atoms with Gasteiger partial charge in [-0.2, -0.15) is 0 Å². The number of rotatable bonds is 5. The Morgan fingerprint density at radius 3 is 2.28 bits per heavy atom. The molecule has 0 unspecified atom stereocenters. The van der Waals surface area contributed by atoms with E-state index in [0.717, 1.165) is 0 Å². The molecule has 0 spiro atoms. The van der Waals surface area contributed by atoms with E-state index in [1.165, 1.54) is 19.9 Å². The number of ether oxygens (including phenoxy) is 1. The van der Waals surface area contributed by atoms with Crippen LogP contribution in [0.1, 0.15) is 34.6 Å². The van der Waals surface area contributed by atoms with Crippen LogP contribution in [0.5, 0.6) is 0 Å². The van der Waals surface area contributed by atoms with E-state index in [2.05, 4.69) is 5.32 Å². The summed E-state index contributed by atoms with van der Waals surface area (Å²) >= 11 is 11.8. The van der Waals surface area contributed by atoms with Crippen LogP contribution in [-0.2, 0) is 9.53 Å². The van der Waals surface area contributed by atoms with Crippen LogP contribution in [0.4, 0.5) is 5.69 Å². The first kappa shape index (κ1) is 19.0. The molecule has 0 aliphatic rings. The molecule has 0 aliphatic heterocycles. The van der Waals surface area contributed by atoms with Gasteiger partial charge in [0, 0.05) is 11.3 Å². The van der Waals surface area contributed by atoms with Gasteiger partial charge < -0.3 is 10.1 Å². The lowest BCUT2D eigenvalue weighted by atomic mass is 10.1. The standard InChI is InChI=1S/C18H15Cl2NO4/c1-10(22)12-6-8-13(9-7-12)21-17(23)11(2)25-18(24)14-4-3-5-15(19)16(14)20/h3-9,11H,1-2H3,(H,21,23)/t11-/m0/s1. The average molecular weight is 380 g/mol. The molecule has 0 saturated carbocycles. The molecule has 2 rings (SSSR count). The molecule has 1 atom stereocenters. The number of carbonyl (C=O) groups is 3. The van der Waals surface area contributed by atoms with Crippen LogP contribution >= 0.6 is 23.2 Å². The molecule has 0 radical (unpaired) electrons. The van der Waals surface area contributed by atoms with Gasteiger partial charge in [-0.15, -0.1) is 0 Å². The van der Waals surface area contributed by atoms with E-state index in [1.807, 2.05) is 0 Å². The van der Waals surface area contributed by atoms with Crippen LogP contribution < -0.4 is 5.32 Å². The zero-order chi connectivity index (χ0) is 18.6. The van der Waals surface area contributed by atoms with E-state index in [0.29, 0.717) is 11.3 Å². The quantitative estimate of drug-likeness (QED) is 0.617. The van der Waals surface area contributed by atoms with Gasteiger partial charge in [-0.1, -0.05) is 29.3 Å². The van der Waals surface area contributed by atoms with Gasteiger partial charge in [-0.3, -0.25) is 9.59 Å². The van der Waals surface area contributed by atoms with Crippen molar-refractivity contribution in [3.8, 4) is 0 Å². The Balaban J connectivity index is 2.01. The third-order valence-electron chi connectivity index (χ3n) is 3.38. The van der Waals surface area contributed by atoms with Crippen LogP contribution in [0, 0.1) is 0 Å². The highest BCUT2D eigenvalue weighted by Gasteiger charge is 2.21. The van der Waals surface area contributed by atoms with E-state index in [9.17, 15) is 14.4 Å². The third-order valence-corrected chi connectivity index (χ3v) is 4.20. The number of hydrogen-bond acceptors (Lipinski definition) is 4. The van der Waals surface area contributed by atoms with Gasteiger partial charge in [-0.25, -0.2) is 4.79 Å². The normalized spacial score (nSPS) is 11.5. The molecule has 130 valence electrons. The van der Waals surface area contributed by atoms with Crippen molar-refractivity contribution in [2.24, 2.45) is 0 Å². The highest BCUT2D eigenvalue weighted by Crippen LogP contribution is 2.26. The Morgan fingerprint density at radius 2 is 1.68 bits per heavy atom. The maximum atomic E-state index is 12.1. The number of nitrogens with one attached hydrogen (secondary N) is 1. The summed E-state index contributed by atoms with van der Waals surface area (Å²) in [4.78, 5) is 35.5. The van der Waals surface area contributed by atoms with Crippen molar-refractivity contribution in [2.45, 2.75) is 20.0 Å². The summed E-state index contributed by atoms with van der Waals surface area (Å²) in [5.74, 6) is -1.33. The molecule has 0 aromatic heterocycles. The lowest BCUT2D eigenvalue weighted by molar-refractivity contribution is -0.123. The van der Waals surface area contributed by atoms with Crippen molar-refractivity contribution in [3.63, 3.8) is 0 Å². The number of benzene rings is 2. The van der Waals surface area contributed by atoms with E-state index in [-0.39, 0.29) is 21.4 Å². The van der Waals surface area contributed by atoms with Crippen molar-refractivity contribution in [2.75, 3.05) is 5.32 Å². The smallest absolute Gasteiger partial charge is 0.340 e. The van der Waals surface area contributed by atoms with Crippen LogP contribution in [0.3, 0.4) is 0 Å². The minimum Gasteiger partial charge on any atom is -0.449 e. The second kappa shape index (κ2) is 8.14. The highest BCUT2D eigenvalue weighted by molar-refractivity contribution is 6.43. The van der Waals surface area contributed by atoms with E-state index in [1.54, 1.807) is 36.4 Å². The molecular weight excluding hydrogens is 365 g/mol. The zero-order valence-corrected chi connectivity index (χ0v) is 15.0. The Bertz CT molecular complexity index is 818. The average Bonchev–Trinajstić information content (AvgIpc) is 2.57. The molecule has 2 aromatic carbocycles. The summed E-state index contributed by atoms with van der Waals surface area (Å²) < 4.78 is 5.12. The second-order valence-electron chi connectivity index (χ2n) is 5.27. The Kier molecular flexibility index (Phi) is 6.17. The predicted octanol–water partition coefficient (Wildman–Crippen LogP) is 4.38. The summed E-state index contributed by atoms with van der Waals surface area (Å²) in [5.41, 5.74) is 1.10. The van der Waals surface area contributed by atoms with Gasteiger partial charge >= 0.3 is 5.97 Å². The summed E-state index contributed by atoms with van der Waals surface area (Å²) in [6.45, 7) is 2.89. The molecule has 1 N–H and O–H groups in total. The van der Waals surface area contributed by atoms with E-state index < -0.39 is 18.0 Å². The van der Waals surface area contributed by atoms with Crippen molar-refractivity contribution < 1.29 is 19.1 Å². The fraction of sp³-hybridized carbons (Fsp3) is 0.167. The summed E-state index contributed by atoms with van der Waals surface area (Å²) in [7, 11) is 0. The van der Waals surface area contributed by atoms with Crippen LogP contribution in [0.2, 0.25) is 10.0 Å². The molecule has 0 bridgehead atoms. The van der Waals surface area contributed by atoms with Crippen molar-refractivity contribution in [3.05, 3.63) is 63.6 Å². The van der Waals surface area contributed by atoms with Gasteiger partial charge in [0.1, 0.15) is 0 Å². The minimum absolute atomic E-state index is 0.0708. The largest absolute Gasteiger partial charge is 0.449 e.